The van der Waals surface area contributed by atoms with E-state index in [1.165, 1.54) is 11.8 Å². The summed E-state index contributed by atoms with van der Waals surface area (Å²) in [4.78, 5) is 44.9. The minimum Gasteiger partial charge on any atom is -0.493 e. The van der Waals surface area contributed by atoms with Gasteiger partial charge in [-0.05, 0) is 66.4 Å². The predicted octanol–water partition coefficient (Wildman–Crippen LogP) is 4.94. The van der Waals surface area contributed by atoms with Gasteiger partial charge in [-0.15, -0.1) is 0 Å². The topological polar surface area (TPSA) is 143 Å². The lowest BCUT2D eigenvalue weighted by molar-refractivity contribution is -0.120. The molecule has 5 aromatic rings. The Hall–Kier alpha value is -5.43. The minimum atomic E-state index is -0.523. The number of carbonyl (C=O) groups is 2. The number of hydrogen-bond acceptors (Lipinski definition) is 10. The number of nitrogens with one attached hydrogen (secondary N) is 2. The number of rotatable bonds is 14. The number of furan rings is 1. The minimum absolute atomic E-state index is 0.0609. The summed E-state index contributed by atoms with van der Waals surface area (Å²) in [6.07, 6.45) is 2.67. The average molecular weight is 685 g/mol. The van der Waals surface area contributed by atoms with Crippen LogP contribution in [0.25, 0.3) is 10.9 Å². The van der Waals surface area contributed by atoms with Crippen molar-refractivity contribution in [2.75, 3.05) is 27.6 Å². The van der Waals surface area contributed by atoms with Crippen LogP contribution in [0.2, 0.25) is 0 Å². The average Bonchev–Trinajstić information content (AvgIpc) is 3.82. The molecule has 0 saturated heterocycles. The predicted molar refractivity (Wildman–Crippen MR) is 184 cm³/mol. The molecule has 12 nitrogen and oxygen atoms in total. The molecule has 2 N–H and O–H groups in total. The first kappa shape index (κ1) is 33.5. The van der Waals surface area contributed by atoms with Gasteiger partial charge in [0.15, 0.2) is 28.2 Å². The highest BCUT2D eigenvalue weighted by Gasteiger charge is 2.24. The van der Waals surface area contributed by atoms with Crippen LogP contribution in [-0.2, 0) is 24.3 Å². The lowest BCUT2D eigenvalue weighted by Crippen LogP contribution is -2.33. The number of nitrogens with zero attached hydrogens (tertiary/aromatic N) is 2. The highest BCUT2D eigenvalue weighted by atomic mass is 32.2. The highest BCUT2D eigenvalue weighted by Crippen LogP contribution is 2.36. The van der Waals surface area contributed by atoms with Crippen molar-refractivity contribution >= 4 is 34.5 Å². The summed E-state index contributed by atoms with van der Waals surface area (Å²) < 4.78 is 28.6. The van der Waals surface area contributed by atoms with Crippen molar-refractivity contribution in [1.29, 1.82) is 0 Å². The van der Waals surface area contributed by atoms with Gasteiger partial charge in [0.25, 0.3) is 11.5 Å². The number of ether oxygens (including phenoxy) is 4. The first-order valence-corrected chi connectivity index (χ1v) is 16.6. The summed E-state index contributed by atoms with van der Waals surface area (Å²) in [5.41, 5.74) is 2.43. The second kappa shape index (κ2) is 15.2. The number of amides is 2. The number of thioether (sulfide) groups is 1. The van der Waals surface area contributed by atoms with Crippen LogP contribution in [-0.4, -0.2) is 54.2 Å². The zero-order valence-corrected chi connectivity index (χ0v) is 28.1. The van der Waals surface area contributed by atoms with Crippen molar-refractivity contribution in [3.05, 3.63) is 106 Å². The molecule has 49 heavy (non-hydrogen) atoms. The van der Waals surface area contributed by atoms with Gasteiger partial charge in [-0.3, -0.25) is 19.0 Å². The molecule has 0 unspecified atom stereocenters. The maximum atomic E-state index is 14.0. The van der Waals surface area contributed by atoms with Gasteiger partial charge < -0.3 is 34.0 Å². The van der Waals surface area contributed by atoms with Gasteiger partial charge in [0.05, 0.1) is 49.7 Å². The van der Waals surface area contributed by atoms with Gasteiger partial charge in [-0.2, -0.15) is 0 Å². The van der Waals surface area contributed by atoms with Crippen molar-refractivity contribution in [3.8, 4) is 23.0 Å². The lowest BCUT2D eigenvalue weighted by atomic mass is 10.1. The monoisotopic (exact) mass is 684 g/mol. The third-order valence-corrected chi connectivity index (χ3v) is 9.40. The van der Waals surface area contributed by atoms with E-state index >= 15 is 0 Å². The van der Waals surface area contributed by atoms with E-state index in [1.807, 2.05) is 25.1 Å². The van der Waals surface area contributed by atoms with Crippen molar-refractivity contribution in [1.82, 2.24) is 20.2 Å². The van der Waals surface area contributed by atoms with Crippen LogP contribution >= 0.6 is 11.8 Å². The van der Waals surface area contributed by atoms with E-state index in [0.29, 0.717) is 69.8 Å². The number of carbonyl (C=O) groups excluding carboxylic acids is 2. The highest BCUT2D eigenvalue weighted by molar-refractivity contribution is 8.00. The van der Waals surface area contributed by atoms with E-state index in [1.54, 1.807) is 73.6 Å². The number of aromatic nitrogens is 2. The Labute approximate surface area is 286 Å². The van der Waals surface area contributed by atoms with Crippen molar-refractivity contribution < 1.29 is 33.0 Å². The molecule has 0 bridgehead atoms. The van der Waals surface area contributed by atoms with Crippen LogP contribution in [0, 0.1) is 0 Å². The van der Waals surface area contributed by atoms with E-state index < -0.39 is 5.25 Å². The number of methoxy groups -OCH3 is 2. The molecule has 3 heterocycles. The first-order chi connectivity index (χ1) is 23.9. The SMILES string of the molecule is CC[C@H](Sc1nc2cc3c(cc2c(=O)n1Cc1ccc(C(=O)NCCc2ccc(OC)c(OC)c2)cc1)OCO3)C(=O)NCc1ccco1. The van der Waals surface area contributed by atoms with Crippen LogP contribution < -0.4 is 35.1 Å². The standard InChI is InChI=1S/C36H36N4O8S/c1-4-32(34(42)38-19-25-6-5-15-46-25)49-36-39-27-18-31-30(47-21-48-31)17-26(27)35(43)40(36)20-23-7-10-24(11-8-23)33(41)37-14-13-22-9-12-28(44-2)29(16-22)45-3/h5-12,15-18,32H,4,13-14,19-21H2,1-3H3,(H,37,41)(H,38,42)/t32-/m0/s1. The second-order valence-corrected chi connectivity index (χ2v) is 12.4. The summed E-state index contributed by atoms with van der Waals surface area (Å²) in [5, 5.41) is 6.09. The van der Waals surface area contributed by atoms with Gasteiger partial charge >= 0.3 is 0 Å². The third kappa shape index (κ3) is 7.67. The van der Waals surface area contributed by atoms with Crippen LogP contribution in [0.5, 0.6) is 23.0 Å². The zero-order valence-electron chi connectivity index (χ0n) is 27.3. The van der Waals surface area contributed by atoms with E-state index in [-0.39, 0.29) is 37.3 Å². The Balaban J connectivity index is 1.19. The maximum Gasteiger partial charge on any atom is 0.262 e. The van der Waals surface area contributed by atoms with Gasteiger partial charge in [0.2, 0.25) is 12.7 Å². The summed E-state index contributed by atoms with van der Waals surface area (Å²) in [6.45, 7) is 2.82. The van der Waals surface area contributed by atoms with Crippen LogP contribution in [0.4, 0.5) is 0 Å². The summed E-state index contributed by atoms with van der Waals surface area (Å²) in [5.74, 6) is 2.49. The molecular formula is C36H36N4O8S. The molecule has 0 saturated carbocycles. The van der Waals surface area contributed by atoms with E-state index in [0.717, 1.165) is 11.1 Å². The summed E-state index contributed by atoms with van der Waals surface area (Å²) in [7, 11) is 3.17. The van der Waals surface area contributed by atoms with Crippen molar-refractivity contribution in [2.45, 2.75) is 43.3 Å². The van der Waals surface area contributed by atoms with E-state index in [4.69, 9.17) is 28.3 Å². The molecule has 2 amide bonds. The van der Waals surface area contributed by atoms with Crippen LogP contribution in [0.15, 0.2) is 87.4 Å². The molecular weight excluding hydrogens is 648 g/mol. The fourth-order valence-electron chi connectivity index (χ4n) is 5.37. The fourth-order valence-corrected chi connectivity index (χ4v) is 6.41. The molecule has 1 aliphatic heterocycles. The Morgan fingerprint density at radius 2 is 1.71 bits per heavy atom. The summed E-state index contributed by atoms with van der Waals surface area (Å²) in [6, 6.07) is 19.6. The Morgan fingerprint density at radius 1 is 0.959 bits per heavy atom. The maximum absolute atomic E-state index is 14.0. The Kier molecular flexibility index (Phi) is 10.4. The van der Waals surface area contributed by atoms with Crippen LogP contribution in [0.1, 0.15) is 40.6 Å². The molecule has 0 fully saturated rings. The molecule has 0 radical (unpaired) electrons. The van der Waals surface area contributed by atoms with Gasteiger partial charge in [0.1, 0.15) is 5.76 Å². The van der Waals surface area contributed by atoms with Gasteiger partial charge in [-0.25, -0.2) is 4.98 Å². The Bertz CT molecular complexity index is 2010. The number of fused-ring (bicyclic) bond motifs is 2. The third-order valence-electron chi connectivity index (χ3n) is 8.05. The number of hydrogen-bond donors (Lipinski definition) is 2. The fraction of sp³-hybridized carbons (Fsp3) is 0.278. The number of benzene rings is 3. The molecule has 254 valence electrons. The molecule has 3 aromatic carbocycles. The molecule has 1 atom stereocenters. The van der Waals surface area contributed by atoms with Gasteiger partial charge in [0, 0.05) is 18.2 Å². The van der Waals surface area contributed by atoms with Crippen LogP contribution in [0.3, 0.4) is 0 Å². The van der Waals surface area contributed by atoms with Gasteiger partial charge in [-0.1, -0.05) is 36.9 Å². The molecule has 6 rings (SSSR count). The van der Waals surface area contributed by atoms with Crippen molar-refractivity contribution in [3.63, 3.8) is 0 Å². The Morgan fingerprint density at radius 3 is 2.43 bits per heavy atom. The molecule has 0 aliphatic carbocycles. The zero-order chi connectivity index (χ0) is 34.3. The summed E-state index contributed by atoms with van der Waals surface area (Å²) >= 11 is 1.22. The molecule has 2 aromatic heterocycles. The molecule has 0 spiro atoms. The van der Waals surface area contributed by atoms with E-state index in [2.05, 4.69) is 10.6 Å². The molecule has 1 aliphatic rings. The largest absolute Gasteiger partial charge is 0.493 e. The smallest absolute Gasteiger partial charge is 0.262 e. The van der Waals surface area contributed by atoms with Crippen molar-refractivity contribution in [2.24, 2.45) is 0 Å². The first-order valence-electron chi connectivity index (χ1n) is 15.8. The second-order valence-electron chi connectivity index (χ2n) is 11.2. The lowest BCUT2D eigenvalue weighted by Gasteiger charge is -2.18. The van der Waals surface area contributed by atoms with E-state index in [9.17, 15) is 14.4 Å². The molecule has 13 heteroatoms. The normalized spacial score (nSPS) is 12.5. The quantitative estimate of drug-likeness (QED) is 0.122.